The maximum atomic E-state index is 13.9. The highest BCUT2D eigenvalue weighted by Gasteiger charge is 2.31. The fourth-order valence-electron chi connectivity index (χ4n) is 2.54. The normalized spacial score (nSPS) is 12.8. The van der Waals surface area contributed by atoms with Gasteiger partial charge in [0, 0.05) is 13.6 Å². The van der Waals surface area contributed by atoms with Crippen molar-refractivity contribution in [2.45, 2.75) is 31.3 Å². The van der Waals surface area contributed by atoms with Crippen molar-refractivity contribution in [2.24, 2.45) is 5.92 Å². The lowest BCUT2D eigenvalue weighted by atomic mass is 10.0. The van der Waals surface area contributed by atoms with Crippen LogP contribution in [0.4, 0.5) is 4.39 Å². The summed E-state index contributed by atoms with van der Waals surface area (Å²) >= 11 is 0. The summed E-state index contributed by atoms with van der Waals surface area (Å²) in [5, 5.41) is 0. The molecule has 2 aromatic rings. The molecule has 140 valence electrons. The lowest BCUT2D eigenvalue weighted by Crippen LogP contribution is -2.50. The Morgan fingerprint density at radius 3 is 2.23 bits per heavy atom. The smallest absolute Gasteiger partial charge is 0.244 e. The minimum atomic E-state index is -4.16. The monoisotopic (exact) mass is 378 g/mol. The van der Waals surface area contributed by atoms with Gasteiger partial charge in [-0.2, -0.15) is 4.72 Å². The molecule has 1 unspecified atom stereocenters. The second-order valence-corrected chi connectivity index (χ2v) is 8.14. The van der Waals surface area contributed by atoms with E-state index in [1.807, 2.05) is 30.3 Å². The molecule has 0 spiro atoms. The van der Waals surface area contributed by atoms with Crippen LogP contribution in [0.5, 0.6) is 0 Å². The number of hydrogen-bond donors (Lipinski definition) is 1. The van der Waals surface area contributed by atoms with E-state index in [0.29, 0.717) is 6.54 Å². The van der Waals surface area contributed by atoms with Gasteiger partial charge >= 0.3 is 0 Å². The molecule has 1 amide bonds. The molecular formula is C19H23FN2O3S. The first-order valence-electron chi connectivity index (χ1n) is 8.28. The Morgan fingerprint density at radius 1 is 1.08 bits per heavy atom. The van der Waals surface area contributed by atoms with Crippen LogP contribution in [0, 0.1) is 11.7 Å². The average Bonchev–Trinajstić information content (AvgIpc) is 2.60. The van der Waals surface area contributed by atoms with Crippen LogP contribution in [0.2, 0.25) is 0 Å². The maximum Gasteiger partial charge on any atom is 0.244 e. The van der Waals surface area contributed by atoms with Gasteiger partial charge in [-0.05, 0) is 23.6 Å². The Labute approximate surface area is 153 Å². The zero-order valence-corrected chi connectivity index (χ0v) is 15.8. The van der Waals surface area contributed by atoms with Crippen molar-refractivity contribution in [2.75, 3.05) is 7.05 Å². The highest BCUT2D eigenvalue weighted by molar-refractivity contribution is 7.89. The van der Waals surface area contributed by atoms with Crippen LogP contribution in [0.25, 0.3) is 0 Å². The zero-order valence-electron chi connectivity index (χ0n) is 15.0. The number of nitrogens with one attached hydrogen (secondary N) is 1. The number of halogens is 1. The molecule has 1 N–H and O–H groups in total. The van der Waals surface area contributed by atoms with Gasteiger partial charge in [0.15, 0.2) is 0 Å². The molecule has 5 nitrogen and oxygen atoms in total. The standard InChI is InChI=1S/C19H23FN2O3S/c1-14(2)18(19(23)22(3)13-15-9-5-4-6-10-15)21-26(24,25)17-12-8-7-11-16(17)20/h4-12,14,18,21H,13H2,1-3H3. The second kappa shape index (κ2) is 8.42. The summed E-state index contributed by atoms with van der Waals surface area (Å²) in [6.07, 6.45) is 0. The highest BCUT2D eigenvalue weighted by atomic mass is 32.2. The number of sulfonamides is 1. The number of rotatable bonds is 7. The summed E-state index contributed by atoms with van der Waals surface area (Å²) in [5.41, 5.74) is 0.933. The van der Waals surface area contributed by atoms with Crippen molar-refractivity contribution in [3.8, 4) is 0 Å². The minimum Gasteiger partial charge on any atom is -0.340 e. The number of likely N-dealkylation sites (N-methyl/N-ethyl adjacent to an activating group) is 1. The van der Waals surface area contributed by atoms with Crippen LogP contribution >= 0.6 is 0 Å². The Bertz CT molecular complexity index is 854. The van der Waals surface area contributed by atoms with Gasteiger partial charge < -0.3 is 4.90 Å². The quantitative estimate of drug-likeness (QED) is 0.806. The van der Waals surface area contributed by atoms with Crippen LogP contribution in [-0.4, -0.2) is 32.3 Å². The molecular weight excluding hydrogens is 355 g/mol. The molecule has 0 bridgehead atoms. The Hall–Kier alpha value is -2.25. The van der Waals surface area contributed by atoms with Gasteiger partial charge in [0.25, 0.3) is 0 Å². The summed E-state index contributed by atoms with van der Waals surface area (Å²) in [5.74, 6) is -1.53. The average molecular weight is 378 g/mol. The first kappa shape index (κ1) is 20.1. The Balaban J connectivity index is 2.20. The summed E-state index contributed by atoms with van der Waals surface area (Å²) < 4.78 is 41.3. The van der Waals surface area contributed by atoms with E-state index < -0.39 is 26.8 Å². The molecule has 1 atom stereocenters. The van der Waals surface area contributed by atoms with Crippen LogP contribution in [0.15, 0.2) is 59.5 Å². The van der Waals surface area contributed by atoms with Crippen molar-refractivity contribution < 1.29 is 17.6 Å². The molecule has 0 heterocycles. The fraction of sp³-hybridized carbons (Fsp3) is 0.316. The molecule has 7 heteroatoms. The molecule has 26 heavy (non-hydrogen) atoms. The molecule has 0 aliphatic rings. The van der Waals surface area contributed by atoms with Gasteiger partial charge in [0.2, 0.25) is 15.9 Å². The van der Waals surface area contributed by atoms with E-state index in [9.17, 15) is 17.6 Å². The third kappa shape index (κ3) is 4.89. The number of benzene rings is 2. The predicted molar refractivity (Wildman–Crippen MR) is 98.3 cm³/mol. The summed E-state index contributed by atoms with van der Waals surface area (Å²) in [6.45, 7) is 3.83. The van der Waals surface area contributed by atoms with E-state index in [4.69, 9.17) is 0 Å². The van der Waals surface area contributed by atoms with E-state index in [1.165, 1.54) is 23.1 Å². The third-order valence-electron chi connectivity index (χ3n) is 3.98. The fourth-order valence-corrected chi connectivity index (χ4v) is 3.95. The number of nitrogens with zero attached hydrogens (tertiary/aromatic N) is 1. The van der Waals surface area contributed by atoms with Gasteiger partial charge in [0.1, 0.15) is 16.8 Å². The molecule has 0 fully saturated rings. The van der Waals surface area contributed by atoms with Gasteiger partial charge in [-0.15, -0.1) is 0 Å². The van der Waals surface area contributed by atoms with Crippen molar-refractivity contribution in [3.63, 3.8) is 0 Å². The van der Waals surface area contributed by atoms with Crippen LogP contribution in [0.3, 0.4) is 0 Å². The Morgan fingerprint density at radius 2 is 1.65 bits per heavy atom. The van der Waals surface area contributed by atoms with Gasteiger partial charge in [-0.25, -0.2) is 12.8 Å². The van der Waals surface area contributed by atoms with Crippen molar-refractivity contribution >= 4 is 15.9 Å². The van der Waals surface area contributed by atoms with Crippen molar-refractivity contribution in [1.29, 1.82) is 0 Å². The lowest BCUT2D eigenvalue weighted by molar-refractivity contribution is -0.133. The summed E-state index contributed by atoms with van der Waals surface area (Å²) in [4.78, 5) is 13.8. The van der Waals surface area contributed by atoms with Crippen LogP contribution in [0.1, 0.15) is 19.4 Å². The maximum absolute atomic E-state index is 13.9. The predicted octanol–water partition coefficient (Wildman–Crippen LogP) is 2.79. The third-order valence-corrected chi connectivity index (χ3v) is 5.45. The number of carbonyl (C=O) groups excluding carboxylic acids is 1. The summed E-state index contributed by atoms with van der Waals surface area (Å²) in [6, 6.07) is 13.5. The van der Waals surface area contributed by atoms with E-state index in [2.05, 4.69) is 4.72 Å². The Kier molecular flexibility index (Phi) is 6.50. The number of hydrogen-bond acceptors (Lipinski definition) is 3. The lowest BCUT2D eigenvalue weighted by Gasteiger charge is -2.27. The topological polar surface area (TPSA) is 66.5 Å². The van der Waals surface area contributed by atoms with E-state index in [0.717, 1.165) is 11.6 Å². The van der Waals surface area contributed by atoms with Crippen molar-refractivity contribution in [1.82, 2.24) is 9.62 Å². The second-order valence-electron chi connectivity index (χ2n) is 6.45. The van der Waals surface area contributed by atoms with Crippen LogP contribution in [-0.2, 0) is 21.4 Å². The van der Waals surface area contributed by atoms with E-state index in [1.54, 1.807) is 20.9 Å². The number of carbonyl (C=O) groups is 1. The summed E-state index contributed by atoms with van der Waals surface area (Å²) in [7, 11) is -2.55. The molecule has 0 radical (unpaired) electrons. The largest absolute Gasteiger partial charge is 0.340 e. The zero-order chi connectivity index (χ0) is 19.3. The first-order valence-corrected chi connectivity index (χ1v) is 9.76. The van der Waals surface area contributed by atoms with Gasteiger partial charge in [-0.3, -0.25) is 4.79 Å². The van der Waals surface area contributed by atoms with E-state index in [-0.39, 0.29) is 11.8 Å². The molecule has 0 aromatic heterocycles. The van der Waals surface area contributed by atoms with Crippen molar-refractivity contribution in [3.05, 3.63) is 66.0 Å². The minimum absolute atomic E-state index is 0.303. The van der Waals surface area contributed by atoms with Crippen LogP contribution < -0.4 is 4.72 Å². The SMILES string of the molecule is CC(C)C(NS(=O)(=O)c1ccccc1F)C(=O)N(C)Cc1ccccc1. The molecule has 0 saturated carbocycles. The van der Waals surface area contributed by atoms with Gasteiger partial charge in [0.05, 0.1) is 0 Å². The molecule has 0 aliphatic carbocycles. The molecule has 0 saturated heterocycles. The molecule has 0 aliphatic heterocycles. The van der Waals surface area contributed by atoms with Gasteiger partial charge in [-0.1, -0.05) is 56.3 Å². The molecule has 2 rings (SSSR count). The number of amides is 1. The molecule has 2 aromatic carbocycles. The van der Waals surface area contributed by atoms with E-state index >= 15 is 0 Å². The first-order chi connectivity index (χ1) is 12.2. The highest BCUT2D eigenvalue weighted by Crippen LogP contribution is 2.17.